The van der Waals surface area contributed by atoms with Crippen LogP contribution in [0.2, 0.25) is 0 Å². The fraction of sp³-hybridized carbons (Fsp3) is 0.409. The summed E-state index contributed by atoms with van der Waals surface area (Å²) < 4.78 is 15.3. The van der Waals surface area contributed by atoms with Gasteiger partial charge in [-0.25, -0.2) is 9.18 Å². The Balaban J connectivity index is 2.07. The number of thioether (sulfide) groups is 1. The van der Waals surface area contributed by atoms with E-state index in [1.165, 1.54) is 17.8 Å². The molecule has 1 aromatic carbocycles. The highest BCUT2D eigenvalue weighted by Gasteiger charge is 2.35. The predicted octanol–water partition coefficient (Wildman–Crippen LogP) is 4.48. The van der Waals surface area contributed by atoms with Crippen LogP contribution in [0.4, 0.5) is 15.1 Å². The van der Waals surface area contributed by atoms with Crippen molar-refractivity contribution >= 4 is 74.2 Å². The average Bonchev–Trinajstić information content (AvgIpc) is 3.03. The maximum Gasteiger partial charge on any atom is 0.326 e. The molecule has 0 saturated heterocycles. The Bertz CT molecular complexity index is 1090. The highest BCUT2D eigenvalue weighted by Crippen LogP contribution is 2.40. The van der Waals surface area contributed by atoms with E-state index in [0.29, 0.717) is 34.2 Å². The van der Waals surface area contributed by atoms with Crippen LogP contribution in [0, 0.1) is 14.8 Å². The summed E-state index contributed by atoms with van der Waals surface area (Å²) in [6, 6.07) is 3.57. The topological polar surface area (TPSA) is 108 Å². The Hall–Kier alpha value is -1.86. The van der Waals surface area contributed by atoms with Crippen LogP contribution in [0.25, 0.3) is 0 Å². The van der Waals surface area contributed by atoms with Crippen molar-refractivity contribution < 1.29 is 23.9 Å². The van der Waals surface area contributed by atoms with Gasteiger partial charge in [0, 0.05) is 10.1 Å². The number of hydrogen-bond donors (Lipinski definition) is 4. The highest BCUT2D eigenvalue weighted by molar-refractivity contribution is 14.1. The molecule has 1 aliphatic rings. The van der Waals surface area contributed by atoms with E-state index in [9.17, 15) is 23.9 Å². The third kappa shape index (κ3) is 6.18. The molecule has 2 amide bonds. The Morgan fingerprint density at radius 3 is 2.76 bits per heavy atom. The van der Waals surface area contributed by atoms with Crippen LogP contribution in [-0.4, -0.2) is 47.5 Å². The minimum Gasteiger partial charge on any atom is -0.480 e. The predicted molar refractivity (Wildman–Crippen MR) is 138 cm³/mol. The number of carbonyl (C=O) groups excluding carboxylic acids is 2. The van der Waals surface area contributed by atoms with Crippen molar-refractivity contribution in [2.75, 3.05) is 23.9 Å². The van der Waals surface area contributed by atoms with Crippen LogP contribution in [0.5, 0.6) is 0 Å². The lowest BCUT2D eigenvalue weighted by atomic mass is 9.85. The van der Waals surface area contributed by atoms with E-state index in [1.807, 2.05) is 42.7 Å². The van der Waals surface area contributed by atoms with Crippen LogP contribution in [-0.2, 0) is 11.2 Å². The number of thiophene rings is 1. The van der Waals surface area contributed by atoms with E-state index < -0.39 is 23.7 Å². The van der Waals surface area contributed by atoms with Crippen molar-refractivity contribution in [1.82, 2.24) is 10.6 Å². The van der Waals surface area contributed by atoms with Gasteiger partial charge in [-0.15, -0.1) is 11.3 Å². The molecule has 33 heavy (non-hydrogen) atoms. The van der Waals surface area contributed by atoms with Crippen LogP contribution >= 0.6 is 45.7 Å². The standard InChI is InChI=1S/C22H25FIN3O4S2/c1-22(2)9-12-16(18(28)26-15(21(30)31)6-7-32-3)20(33-17(12)19(29)25-10-22)27-14-5-4-11(24)8-13(14)23/h4-5,8,15,27H,6-7,9-10H2,1-3H3,(H,25,29)(H,26,28)(H,30,31). The van der Waals surface area contributed by atoms with Crippen LogP contribution in [0.15, 0.2) is 18.2 Å². The smallest absolute Gasteiger partial charge is 0.326 e. The van der Waals surface area contributed by atoms with Crippen molar-refractivity contribution in [3.63, 3.8) is 0 Å². The SMILES string of the molecule is CSCCC(NC(=O)c1c(Nc2ccc(I)cc2F)sc2c1CC(C)(C)CNC2=O)C(=O)O. The molecule has 7 nitrogen and oxygen atoms in total. The van der Waals surface area contributed by atoms with Crippen molar-refractivity contribution in [2.45, 2.75) is 32.7 Å². The van der Waals surface area contributed by atoms with Crippen LogP contribution in [0.3, 0.4) is 0 Å². The van der Waals surface area contributed by atoms with Gasteiger partial charge in [0.2, 0.25) is 0 Å². The molecule has 1 aromatic heterocycles. The molecule has 2 heterocycles. The van der Waals surface area contributed by atoms with Gasteiger partial charge >= 0.3 is 5.97 Å². The first-order valence-electron chi connectivity index (χ1n) is 10.2. The van der Waals surface area contributed by atoms with E-state index in [1.54, 1.807) is 12.1 Å². The highest BCUT2D eigenvalue weighted by atomic mass is 127. The van der Waals surface area contributed by atoms with Crippen molar-refractivity contribution in [3.8, 4) is 0 Å². The molecular weight excluding hydrogens is 580 g/mol. The Labute approximate surface area is 213 Å². The first kappa shape index (κ1) is 25.8. The molecule has 0 saturated carbocycles. The van der Waals surface area contributed by atoms with Gasteiger partial charge in [-0.1, -0.05) is 13.8 Å². The number of hydrogen-bond acceptors (Lipinski definition) is 6. The van der Waals surface area contributed by atoms with Crippen molar-refractivity contribution in [1.29, 1.82) is 0 Å². The van der Waals surface area contributed by atoms with E-state index in [0.717, 1.165) is 14.9 Å². The minimum absolute atomic E-state index is 0.165. The summed E-state index contributed by atoms with van der Waals surface area (Å²) in [6.45, 7) is 4.40. The number of carboxylic acid groups (broad SMARTS) is 1. The lowest BCUT2D eigenvalue weighted by Crippen LogP contribution is -2.41. The summed E-state index contributed by atoms with van der Waals surface area (Å²) in [5.41, 5.74) is 0.569. The molecule has 0 radical (unpaired) electrons. The van der Waals surface area contributed by atoms with Gasteiger partial charge in [-0.3, -0.25) is 9.59 Å². The molecule has 0 fully saturated rings. The third-order valence-electron chi connectivity index (χ3n) is 5.22. The number of nitrogens with one attached hydrogen (secondary N) is 3. The molecule has 178 valence electrons. The van der Waals surface area contributed by atoms with E-state index in [-0.39, 0.29) is 29.0 Å². The number of amides is 2. The summed E-state index contributed by atoms with van der Waals surface area (Å²) in [4.78, 5) is 38.3. The quantitative estimate of drug-likeness (QED) is 0.331. The number of rotatable bonds is 8. The second kappa shape index (κ2) is 10.6. The molecular formula is C22H25FIN3O4S2. The summed E-state index contributed by atoms with van der Waals surface area (Å²) in [5, 5.41) is 18.3. The summed E-state index contributed by atoms with van der Waals surface area (Å²) in [7, 11) is 0. The number of benzene rings is 1. The van der Waals surface area contributed by atoms with Crippen molar-refractivity contribution in [3.05, 3.63) is 43.6 Å². The zero-order valence-corrected chi connectivity index (χ0v) is 22.2. The molecule has 1 aliphatic heterocycles. The van der Waals surface area contributed by atoms with Gasteiger partial charge in [0.05, 0.1) is 16.1 Å². The fourth-order valence-corrected chi connectivity index (χ4v) is 5.59. The summed E-state index contributed by atoms with van der Waals surface area (Å²) >= 11 is 4.56. The largest absolute Gasteiger partial charge is 0.480 e. The average molecular weight is 605 g/mol. The Morgan fingerprint density at radius 1 is 1.39 bits per heavy atom. The second-order valence-corrected chi connectivity index (χ2v) is 11.8. The van der Waals surface area contributed by atoms with Gasteiger partial charge < -0.3 is 21.1 Å². The van der Waals surface area contributed by atoms with Crippen LogP contribution in [0.1, 0.15) is 45.9 Å². The number of aliphatic carboxylic acids is 1. The molecule has 4 N–H and O–H groups in total. The molecule has 11 heteroatoms. The first-order valence-corrected chi connectivity index (χ1v) is 13.5. The number of halogens is 2. The monoisotopic (exact) mass is 605 g/mol. The Kier molecular flexibility index (Phi) is 8.27. The molecule has 2 aromatic rings. The van der Waals surface area contributed by atoms with E-state index in [4.69, 9.17) is 0 Å². The van der Waals surface area contributed by atoms with Gasteiger partial charge in [0.15, 0.2) is 0 Å². The van der Waals surface area contributed by atoms with E-state index >= 15 is 0 Å². The maximum absolute atomic E-state index is 14.5. The van der Waals surface area contributed by atoms with Crippen LogP contribution < -0.4 is 16.0 Å². The normalized spacial score (nSPS) is 15.7. The Morgan fingerprint density at radius 2 is 2.12 bits per heavy atom. The third-order valence-corrected chi connectivity index (χ3v) is 7.68. The van der Waals surface area contributed by atoms with Gasteiger partial charge in [-0.2, -0.15) is 11.8 Å². The first-order chi connectivity index (χ1) is 15.5. The summed E-state index contributed by atoms with van der Waals surface area (Å²) in [6.07, 6.45) is 2.55. The fourth-order valence-electron chi connectivity index (χ4n) is 3.52. The number of carbonyl (C=O) groups is 3. The van der Waals surface area contributed by atoms with Gasteiger partial charge in [0.25, 0.3) is 11.8 Å². The lowest BCUT2D eigenvalue weighted by Gasteiger charge is -2.23. The lowest BCUT2D eigenvalue weighted by molar-refractivity contribution is -0.139. The summed E-state index contributed by atoms with van der Waals surface area (Å²) in [5.74, 6) is -1.96. The van der Waals surface area contributed by atoms with E-state index in [2.05, 4.69) is 16.0 Å². The maximum atomic E-state index is 14.5. The zero-order valence-electron chi connectivity index (χ0n) is 18.4. The zero-order chi connectivity index (χ0) is 24.3. The minimum atomic E-state index is -1.13. The molecule has 0 spiro atoms. The van der Waals surface area contributed by atoms with Gasteiger partial charge in [-0.05, 0) is 76.6 Å². The molecule has 1 unspecified atom stereocenters. The molecule has 1 atom stereocenters. The second-order valence-electron chi connectivity index (χ2n) is 8.53. The molecule has 0 bridgehead atoms. The van der Waals surface area contributed by atoms with Crippen molar-refractivity contribution in [2.24, 2.45) is 5.41 Å². The molecule has 0 aliphatic carbocycles. The van der Waals surface area contributed by atoms with Gasteiger partial charge in [0.1, 0.15) is 16.9 Å². The molecule has 3 rings (SSSR count). The number of carboxylic acids is 1. The number of anilines is 2. The number of fused-ring (bicyclic) bond motifs is 1.